The van der Waals surface area contributed by atoms with Crippen LogP contribution in [0.2, 0.25) is 0 Å². The minimum absolute atomic E-state index is 0.251. The number of nitrogens with zero attached hydrogens (tertiary/aromatic N) is 4. The van der Waals surface area contributed by atoms with Gasteiger partial charge in [-0.3, -0.25) is 4.90 Å². The summed E-state index contributed by atoms with van der Waals surface area (Å²) in [6.45, 7) is 5.37. The molecule has 0 spiro atoms. The first kappa shape index (κ1) is 13.1. The van der Waals surface area contributed by atoms with Crippen molar-refractivity contribution in [3.63, 3.8) is 0 Å². The molecule has 7 nitrogen and oxygen atoms in total. The van der Waals surface area contributed by atoms with E-state index in [0.717, 1.165) is 45.8 Å². The van der Waals surface area contributed by atoms with Crippen molar-refractivity contribution in [2.75, 3.05) is 32.8 Å². The van der Waals surface area contributed by atoms with Gasteiger partial charge in [0, 0.05) is 38.6 Å². The van der Waals surface area contributed by atoms with Crippen LogP contribution in [0, 0.1) is 0 Å². The number of morpholine rings is 1. The average molecular weight is 278 g/mol. The van der Waals surface area contributed by atoms with Gasteiger partial charge >= 0.3 is 5.97 Å². The van der Waals surface area contributed by atoms with Gasteiger partial charge < -0.3 is 14.4 Å². The van der Waals surface area contributed by atoms with E-state index < -0.39 is 5.97 Å². The molecule has 1 N–H and O–H groups in total. The summed E-state index contributed by atoms with van der Waals surface area (Å²) in [5.41, 5.74) is 0.904. The Morgan fingerprint density at radius 1 is 1.30 bits per heavy atom. The zero-order valence-electron chi connectivity index (χ0n) is 11.2. The molecule has 2 aromatic rings. The van der Waals surface area contributed by atoms with Crippen LogP contribution in [-0.2, 0) is 11.3 Å². The highest BCUT2D eigenvalue weighted by atomic mass is 16.5. The van der Waals surface area contributed by atoms with Gasteiger partial charge in [-0.05, 0) is 6.42 Å². The fourth-order valence-electron chi connectivity index (χ4n) is 2.59. The van der Waals surface area contributed by atoms with Crippen LogP contribution < -0.4 is 0 Å². The van der Waals surface area contributed by atoms with E-state index in [4.69, 9.17) is 9.84 Å². The molecule has 108 valence electrons. The lowest BCUT2D eigenvalue weighted by Crippen LogP contribution is -2.37. The number of carbonyl (C=O) groups is 1. The lowest BCUT2D eigenvalue weighted by Gasteiger charge is -2.26. The highest BCUT2D eigenvalue weighted by Crippen LogP contribution is 2.12. The predicted molar refractivity (Wildman–Crippen MR) is 72.0 cm³/mol. The molecular weight excluding hydrogens is 260 g/mol. The van der Waals surface area contributed by atoms with Crippen molar-refractivity contribution in [1.82, 2.24) is 19.1 Å². The Labute approximate surface area is 116 Å². The molecule has 1 aliphatic heterocycles. The number of aromatic carboxylic acids is 1. The van der Waals surface area contributed by atoms with Gasteiger partial charge in [0.2, 0.25) is 0 Å². The van der Waals surface area contributed by atoms with Crippen molar-refractivity contribution < 1.29 is 14.6 Å². The Morgan fingerprint density at radius 2 is 2.10 bits per heavy atom. The zero-order chi connectivity index (χ0) is 13.9. The normalized spacial score (nSPS) is 16.8. The minimum atomic E-state index is -0.937. The molecule has 0 unspecified atom stereocenters. The van der Waals surface area contributed by atoms with E-state index in [1.807, 2.05) is 10.8 Å². The number of hydrogen-bond acceptors (Lipinski definition) is 4. The summed E-state index contributed by atoms with van der Waals surface area (Å²) in [5.74, 6) is -0.937. The molecule has 0 atom stereocenters. The van der Waals surface area contributed by atoms with Crippen molar-refractivity contribution in [1.29, 1.82) is 0 Å². The van der Waals surface area contributed by atoms with Crippen molar-refractivity contribution in [2.24, 2.45) is 0 Å². The van der Waals surface area contributed by atoms with Crippen LogP contribution in [0.1, 0.15) is 16.8 Å². The average Bonchev–Trinajstić information content (AvgIpc) is 3.02. The lowest BCUT2D eigenvalue weighted by atomic mass is 10.3. The molecule has 3 rings (SSSR count). The second-order valence-corrected chi connectivity index (χ2v) is 4.93. The number of carboxylic acid groups (broad SMARTS) is 1. The van der Waals surface area contributed by atoms with Crippen LogP contribution in [0.4, 0.5) is 0 Å². The maximum Gasteiger partial charge on any atom is 0.341 e. The number of rotatable bonds is 5. The number of fused-ring (bicyclic) bond motifs is 1. The summed E-state index contributed by atoms with van der Waals surface area (Å²) in [6.07, 6.45) is 6.05. The zero-order valence-corrected chi connectivity index (χ0v) is 11.2. The molecule has 1 fully saturated rings. The maximum absolute atomic E-state index is 11.2. The first-order chi connectivity index (χ1) is 9.75. The standard InChI is InChI=1S/C13H18N4O3/c18-13(19)11-10-14-17-5-4-16(12(11)17)3-1-2-15-6-8-20-9-7-15/h4-5,10H,1-3,6-9H2,(H,18,19). The van der Waals surface area contributed by atoms with E-state index in [2.05, 4.69) is 10.00 Å². The molecule has 0 radical (unpaired) electrons. The van der Waals surface area contributed by atoms with Crippen LogP contribution in [0.25, 0.3) is 5.65 Å². The van der Waals surface area contributed by atoms with E-state index >= 15 is 0 Å². The molecule has 7 heteroatoms. The molecule has 0 amide bonds. The summed E-state index contributed by atoms with van der Waals surface area (Å²) < 4.78 is 8.88. The van der Waals surface area contributed by atoms with E-state index in [-0.39, 0.29) is 5.56 Å². The summed E-state index contributed by atoms with van der Waals surface area (Å²) in [5, 5.41) is 13.2. The van der Waals surface area contributed by atoms with Crippen LogP contribution in [0.3, 0.4) is 0 Å². The summed E-state index contributed by atoms with van der Waals surface area (Å²) >= 11 is 0. The lowest BCUT2D eigenvalue weighted by molar-refractivity contribution is 0.0369. The van der Waals surface area contributed by atoms with Crippen LogP contribution in [0.15, 0.2) is 18.6 Å². The number of hydrogen-bond donors (Lipinski definition) is 1. The third kappa shape index (κ3) is 2.54. The molecule has 3 heterocycles. The highest BCUT2D eigenvalue weighted by Gasteiger charge is 2.15. The topological polar surface area (TPSA) is 72.0 Å². The van der Waals surface area contributed by atoms with E-state index in [9.17, 15) is 4.79 Å². The Morgan fingerprint density at radius 3 is 2.85 bits per heavy atom. The molecule has 0 aliphatic carbocycles. The predicted octanol–water partition coefficient (Wildman–Crippen LogP) is 0.556. The minimum Gasteiger partial charge on any atom is -0.477 e. The SMILES string of the molecule is O=C(O)c1cnn2ccn(CCCN3CCOCC3)c12. The van der Waals surface area contributed by atoms with Crippen LogP contribution in [-0.4, -0.2) is 63.0 Å². The van der Waals surface area contributed by atoms with Gasteiger partial charge in [-0.15, -0.1) is 0 Å². The molecule has 20 heavy (non-hydrogen) atoms. The summed E-state index contributed by atoms with van der Waals surface area (Å²) in [4.78, 5) is 13.5. The Bertz CT molecular complexity index is 598. The number of carboxylic acids is 1. The second kappa shape index (κ2) is 5.64. The van der Waals surface area contributed by atoms with Crippen LogP contribution >= 0.6 is 0 Å². The third-order valence-corrected chi connectivity index (χ3v) is 3.64. The summed E-state index contributed by atoms with van der Waals surface area (Å²) in [6, 6.07) is 0. The summed E-state index contributed by atoms with van der Waals surface area (Å²) in [7, 11) is 0. The number of imidazole rings is 1. The second-order valence-electron chi connectivity index (χ2n) is 4.93. The first-order valence-corrected chi connectivity index (χ1v) is 6.81. The van der Waals surface area contributed by atoms with Gasteiger partial charge in [0.15, 0.2) is 0 Å². The van der Waals surface area contributed by atoms with Crippen LogP contribution in [0.5, 0.6) is 0 Å². The maximum atomic E-state index is 11.2. The largest absolute Gasteiger partial charge is 0.477 e. The molecule has 1 saturated heterocycles. The fourth-order valence-corrected chi connectivity index (χ4v) is 2.59. The number of ether oxygens (including phenoxy) is 1. The van der Waals surface area contributed by atoms with Gasteiger partial charge in [0.1, 0.15) is 11.2 Å². The number of aromatic nitrogens is 3. The van der Waals surface area contributed by atoms with Gasteiger partial charge in [-0.2, -0.15) is 5.10 Å². The van der Waals surface area contributed by atoms with E-state index in [0.29, 0.717) is 5.65 Å². The van der Waals surface area contributed by atoms with Gasteiger partial charge in [-0.1, -0.05) is 0 Å². The van der Waals surface area contributed by atoms with Gasteiger partial charge in [-0.25, -0.2) is 9.31 Å². The van der Waals surface area contributed by atoms with Crippen molar-refractivity contribution in [3.05, 3.63) is 24.2 Å². The Balaban J connectivity index is 1.65. The molecule has 2 aromatic heterocycles. The third-order valence-electron chi connectivity index (χ3n) is 3.64. The van der Waals surface area contributed by atoms with Crippen molar-refractivity contribution in [2.45, 2.75) is 13.0 Å². The van der Waals surface area contributed by atoms with E-state index in [1.165, 1.54) is 6.20 Å². The van der Waals surface area contributed by atoms with Gasteiger partial charge in [0.25, 0.3) is 0 Å². The van der Waals surface area contributed by atoms with Crippen molar-refractivity contribution in [3.8, 4) is 0 Å². The molecule has 0 bridgehead atoms. The van der Waals surface area contributed by atoms with Gasteiger partial charge in [0.05, 0.1) is 19.4 Å². The fraction of sp³-hybridized carbons (Fsp3) is 0.538. The molecular formula is C13H18N4O3. The monoisotopic (exact) mass is 278 g/mol. The highest BCUT2D eigenvalue weighted by molar-refractivity contribution is 5.94. The van der Waals surface area contributed by atoms with Crippen molar-refractivity contribution >= 4 is 11.6 Å². The Hall–Kier alpha value is -1.86. The molecule has 0 aromatic carbocycles. The smallest absolute Gasteiger partial charge is 0.341 e. The molecule has 0 saturated carbocycles. The quantitative estimate of drug-likeness (QED) is 0.865. The Kier molecular flexibility index (Phi) is 3.70. The number of aryl methyl sites for hydroxylation is 1. The van der Waals surface area contributed by atoms with E-state index in [1.54, 1.807) is 10.7 Å². The first-order valence-electron chi connectivity index (χ1n) is 6.81. The molecule has 1 aliphatic rings.